The molecule has 0 fully saturated rings. The summed E-state index contributed by atoms with van der Waals surface area (Å²) in [5, 5.41) is 0. The van der Waals surface area contributed by atoms with Crippen LogP contribution in [-0.4, -0.2) is 17.7 Å². The number of ether oxygens (including phenoxy) is 2. The molecule has 0 radical (unpaired) electrons. The molecule has 1 aromatic heterocycles. The van der Waals surface area contributed by atoms with Crippen molar-refractivity contribution in [3.05, 3.63) is 53.7 Å². The van der Waals surface area contributed by atoms with E-state index in [4.69, 9.17) is 9.47 Å². The van der Waals surface area contributed by atoms with Gasteiger partial charge < -0.3 is 9.47 Å². The molecule has 3 heteroatoms. The molecule has 0 spiro atoms. The highest BCUT2D eigenvalue weighted by molar-refractivity contribution is 5.29. The second kappa shape index (κ2) is 9.95. The van der Waals surface area contributed by atoms with Crippen LogP contribution in [0.2, 0.25) is 0 Å². The van der Waals surface area contributed by atoms with Crippen LogP contribution in [-0.2, 0) is 0 Å². The summed E-state index contributed by atoms with van der Waals surface area (Å²) in [5.74, 6) is 2.66. The van der Waals surface area contributed by atoms with Crippen LogP contribution in [0, 0.1) is 5.41 Å². The second-order valence-electron chi connectivity index (χ2n) is 9.21. The highest BCUT2D eigenvalue weighted by Crippen LogP contribution is 2.30. The van der Waals surface area contributed by atoms with Crippen LogP contribution in [0.25, 0.3) is 0 Å². The van der Waals surface area contributed by atoms with Gasteiger partial charge in [-0.05, 0) is 67.2 Å². The zero-order valence-electron chi connectivity index (χ0n) is 18.7. The van der Waals surface area contributed by atoms with Crippen LogP contribution >= 0.6 is 0 Å². The molecule has 1 heterocycles. The maximum absolute atomic E-state index is 5.97. The Labute approximate surface area is 171 Å². The summed E-state index contributed by atoms with van der Waals surface area (Å²) in [4.78, 5) is 4.44. The maximum Gasteiger partial charge on any atom is 0.213 e. The van der Waals surface area contributed by atoms with Crippen LogP contribution in [0.1, 0.15) is 84.3 Å². The van der Waals surface area contributed by atoms with Crippen molar-refractivity contribution in [2.45, 2.75) is 79.2 Å². The summed E-state index contributed by atoms with van der Waals surface area (Å²) in [7, 11) is 0. The summed E-state index contributed by atoms with van der Waals surface area (Å²) in [6.07, 6.45) is 4.35. The Morgan fingerprint density at radius 3 is 2.07 bits per heavy atom. The van der Waals surface area contributed by atoms with E-state index in [1.807, 2.05) is 12.3 Å². The van der Waals surface area contributed by atoms with E-state index < -0.39 is 0 Å². The van der Waals surface area contributed by atoms with Crippen molar-refractivity contribution in [2.24, 2.45) is 5.41 Å². The van der Waals surface area contributed by atoms with Gasteiger partial charge in [0.15, 0.2) is 0 Å². The fraction of sp³-hybridized carbons (Fsp3) is 0.560. The van der Waals surface area contributed by atoms with Crippen molar-refractivity contribution in [3.8, 4) is 11.6 Å². The number of hydrogen-bond acceptors (Lipinski definition) is 3. The van der Waals surface area contributed by atoms with E-state index in [-0.39, 0.29) is 11.5 Å². The van der Waals surface area contributed by atoms with Gasteiger partial charge in [0, 0.05) is 12.3 Å². The topological polar surface area (TPSA) is 31.4 Å². The van der Waals surface area contributed by atoms with Gasteiger partial charge in [0.1, 0.15) is 5.75 Å². The lowest BCUT2D eigenvalue weighted by molar-refractivity contribution is 0.159. The predicted molar refractivity (Wildman–Crippen MR) is 117 cm³/mol. The molecule has 1 aromatic carbocycles. The Kier molecular flexibility index (Phi) is 7.91. The molecule has 0 saturated heterocycles. The van der Waals surface area contributed by atoms with Crippen LogP contribution < -0.4 is 9.47 Å². The number of aromatic nitrogens is 1. The molecule has 0 aliphatic carbocycles. The Hall–Kier alpha value is -2.03. The number of rotatable bonds is 10. The standard InChI is InChI=1S/C25H37NO2/c1-18(2)22-10-13-24(26-16-22)27-17-25(6,7)15-14-20(5)21-8-11-23(12-9-21)28-19(3)4/h8-13,16,18-20H,14-15,17H2,1-7H3. The Bertz CT molecular complexity index is 702. The lowest BCUT2D eigenvalue weighted by Gasteiger charge is -2.26. The quantitative estimate of drug-likeness (QED) is 0.443. The first-order valence-electron chi connectivity index (χ1n) is 10.5. The lowest BCUT2D eigenvalue weighted by Crippen LogP contribution is -2.22. The van der Waals surface area contributed by atoms with Crippen molar-refractivity contribution in [1.82, 2.24) is 4.98 Å². The summed E-state index contributed by atoms with van der Waals surface area (Å²) in [6.45, 7) is 15.9. The fourth-order valence-corrected chi connectivity index (χ4v) is 3.08. The van der Waals surface area contributed by atoms with Gasteiger partial charge in [-0.15, -0.1) is 0 Å². The number of benzene rings is 1. The molecule has 1 atom stereocenters. The molecule has 3 nitrogen and oxygen atoms in total. The van der Waals surface area contributed by atoms with Crippen LogP contribution in [0.4, 0.5) is 0 Å². The van der Waals surface area contributed by atoms with Crippen molar-refractivity contribution >= 4 is 0 Å². The van der Waals surface area contributed by atoms with Gasteiger partial charge >= 0.3 is 0 Å². The molecule has 0 N–H and O–H groups in total. The molecule has 0 aliphatic heterocycles. The molecular weight excluding hydrogens is 346 g/mol. The number of pyridine rings is 1. The fourth-order valence-electron chi connectivity index (χ4n) is 3.08. The second-order valence-corrected chi connectivity index (χ2v) is 9.21. The van der Waals surface area contributed by atoms with E-state index in [0.29, 0.717) is 24.3 Å². The van der Waals surface area contributed by atoms with Gasteiger partial charge in [-0.1, -0.05) is 52.8 Å². The third-order valence-electron chi connectivity index (χ3n) is 5.11. The predicted octanol–water partition coefficient (Wildman–Crippen LogP) is 6.98. The average molecular weight is 384 g/mol. The number of nitrogens with zero attached hydrogens (tertiary/aromatic N) is 1. The molecular formula is C25H37NO2. The van der Waals surface area contributed by atoms with Crippen molar-refractivity contribution < 1.29 is 9.47 Å². The molecule has 2 aromatic rings. The van der Waals surface area contributed by atoms with E-state index in [2.05, 4.69) is 83.8 Å². The first kappa shape index (κ1) is 22.3. The third kappa shape index (κ3) is 7.18. The summed E-state index contributed by atoms with van der Waals surface area (Å²) < 4.78 is 11.7. The molecule has 2 rings (SSSR count). The number of hydrogen-bond donors (Lipinski definition) is 0. The molecule has 0 saturated carbocycles. The summed E-state index contributed by atoms with van der Waals surface area (Å²) in [6, 6.07) is 12.6. The summed E-state index contributed by atoms with van der Waals surface area (Å²) >= 11 is 0. The largest absolute Gasteiger partial charge is 0.491 e. The van der Waals surface area contributed by atoms with Crippen LogP contribution in [0.5, 0.6) is 11.6 Å². The van der Waals surface area contributed by atoms with Crippen LogP contribution in [0.15, 0.2) is 42.6 Å². The highest BCUT2D eigenvalue weighted by atomic mass is 16.5. The van der Waals surface area contributed by atoms with E-state index >= 15 is 0 Å². The van der Waals surface area contributed by atoms with Gasteiger partial charge in [-0.25, -0.2) is 4.98 Å². The minimum atomic E-state index is 0.105. The Balaban J connectivity index is 1.82. The normalized spacial score (nSPS) is 13.0. The van der Waals surface area contributed by atoms with Crippen molar-refractivity contribution in [3.63, 3.8) is 0 Å². The summed E-state index contributed by atoms with van der Waals surface area (Å²) in [5.41, 5.74) is 2.71. The van der Waals surface area contributed by atoms with Gasteiger partial charge in [0.05, 0.1) is 12.7 Å². The molecule has 28 heavy (non-hydrogen) atoms. The zero-order chi connectivity index (χ0) is 20.7. The monoisotopic (exact) mass is 383 g/mol. The Morgan fingerprint density at radius 2 is 1.54 bits per heavy atom. The first-order valence-corrected chi connectivity index (χ1v) is 10.5. The minimum Gasteiger partial charge on any atom is -0.491 e. The first-order chi connectivity index (χ1) is 13.2. The zero-order valence-corrected chi connectivity index (χ0v) is 18.7. The van der Waals surface area contributed by atoms with Crippen LogP contribution in [0.3, 0.4) is 0 Å². The molecule has 0 aliphatic rings. The molecule has 0 bridgehead atoms. The molecule has 0 amide bonds. The maximum atomic E-state index is 5.97. The van der Waals surface area contributed by atoms with E-state index in [1.165, 1.54) is 11.1 Å². The Morgan fingerprint density at radius 1 is 0.893 bits per heavy atom. The van der Waals surface area contributed by atoms with Gasteiger partial charge in [-0.2, -0.15) is 0 Å². The van der Waals surface area contributed by atoms with E-state index in [9.17, 15) is 0 Å². The minimum absolute atomic E-state index is 0.105. The van der Waals surface area contributed by atoms with Crippen molar-refractivity contribution in [1.29, 1.82) is 0 Å². The average Bonchev–Trinajstić information content (AvgIpc) is 2.65. The van der Waals surface area contributed by atoms with E-state index in [1.54, 1.807) is 0 Å². The molecule has 154 valence electrons. The van der Waals surface area contributed by atoms with E-state index in [0.717, 1.165) is 18.6 Å². The van der Waals surface area contributed by atoms with Crippen molar-refractivity contribution in [2.75, 3.05) is 6.61 Å². The van der Waals surface area contributed by atoms with Gasteiger partial charge in [-0.3, -0.25) is 0 Å². The lowest BCUT2D eigenvalue weighted by atomic mass is 9.84. The highest BCUT2D eigenvalue weighted by Gasteiger charge is 2.21. The van der Waals surface area contributed by atoms with Gasteiger partial charge in [0.2, 0.25) is 5.88 Å². The van der Waals surface area contributed by atoms with Gasteiger partial charge in [0.25, 0.3) is 0 Å². The molecule has 1 unspecified atom stereocenters. The smallest absolute Gasteiger partial charge is 0.213 e. The SMILES string of the molecule is CC(C)Oc1ccc(C(C)CCC(C)(C)COc2ccc(C(C)C)cn2)cc1. The third-order valence-corrected chi connectivity index (χ3v) is 5.11.